The molecule has 0 aromatic heterocycles. The average molecular weight is 217 g/mol. The molecule has 14 heavy (non-hydrogen) atoms. The average Bonchev–Trinajstić information content (AvgIpc) is 2.02. The molecule has 2 N–H and O–H groups in total. The molecule has 0 fully saturated rings. The van der Waals surface area contributed by atoms with E-state index in [-0.39, 0.29) is 11.3 Å². The number of carbonyl (C=O) groups is 1. The Balaban J connectivity index is 3.44. The van der Waals surface area contributed by atoms with Gasteiger partial charge in [-0.3, -0.25) is 4.79 Å². The van der Waals surface area contributed by atoms with Crippen molar-refractivity contribution in [1.29, 1.82) is 0 Å². The van der Waals surface area contributed by atoms with Gasteiger partial charge in [-0.25, -0.2) is 17.9 Å². The van der Waals surface area contributed by atoms with Crippen LogP contribution in [0.15, 0.2) is 23.1 Å². The van der Waals surface area contributed by atoms with Gasteiger partial charge in [0.2, 0.25) is 10.0 Å². The zero-order valence-electron chi connectivity index (χ0n) is 7.32. The molecular weight excluding hydrogens is 209 g/mol. The minimum atomic E-state index is -4.12. The molecule has 1 rings (SSSR count). The number of rotatable bonds is 2. The van der Waals surface area contributed by atoms with Crippen molar-refractivity contribution in [3.05, 3.63) is 29.6 Å². The number of halogens is 1. The van der Waals surface area contributed by atoms with Crippen LogP contribution in [-0.2, 0) is 10.0 Å². The highest BCUT2D eigenvalue weighted by Crippen LogP contribution is 2.15. The van der Waals surface area contributed by atoms with E-state index in [0.29, 0.717) is 0 Å². The minimum absolute atomic E-state index is 0.107. The minimum Gasteiger partial charge on any atom is -0.295 e. The quantitative estimate of drug-likeness (QED) is 0.740. The van der Waals surface area contributed by atoms with Gasteiger partial charge in [0.1, 0.15) is 10.7 Å². The fraction of sp³-hybridized carbons (Fsp3) is 0.125. The predicted molar refractivity (Wildman–Crippen MR) is 47.8 cm³/mol. The largest absolute Gasteiger partial charge is 0.295 e. The molecule has 1 aromatic rings. The summed E-state index contributed by atoms with van der Waals surface area (Å²) in [6, 6.07) is 3.02. The second kappa shape index (κ2) is 3.47. The number of hydrogen-bond donors (Lipinski definition) is 1. The molecule has 0 aliphatic carbocycles. The Bertz CT molecular complexity index is 481. The third-order valence-corrected chi connectivity index (χ3v) is 2.57. The summed E-state index contributed by atoms with van der Waals surface area (Å²) >= 11 is 0. The summed E-state index contributed by atoms with van der Waals surface area (Å²) in [4.78, 5) is 10.2. The Morgan fingerprint density at radius 3 is 2.43 bits per heavy atom. The first-order chi connectivity index (χ1) is 6.32. The molecule has 0 aliphatic rings. The number of benzene rings is 1. The molecule has 6 heteroatoms. The smallest absolute Gasteiger partial charge is 0.240 e. The Morgan fingerprint density at radius 1 is 1.43 bits per heavy atom. The second-order valence-corrected chi connectivity index (χ2v) is 4.28. The van der Waals surface area contributed by atoms with Crippen LogP contribution < -0.4 is 5.14 Å². The molecule has 0 unspecified atom stereocenters. The van der Waals surface area contributed by atoms with E-state index in [9.17, 15) is 17.6 Å². The van der Waals surface area contributed by atoms with Crippen molar-refractivity contribution in [3.63, 3.8) is 0 Å². The van der Waals surface area contributed by atoms with Gasteiger partial charge in [-0.1, -0.05) is 0 Å². The first-order valence-electron chi connectivity index (χ1n) is 3.65. The van der Waals surface area contributed by atoms with E-state index in [1.807, 2.05) is 0 Å². The van der Waals surface area contributed by atoms with Gasteiger partial charge in [-0.05, 0) is 25.1 Å². The van der Waals surface area contributed by atoms with E-state index in [0.717, 1.165) is 12.1 Å². The Labute approximate surface area is 80.6 Å². The SMILES string of the molecule is CC(=O)c1ccc(F)c(S(N)(=O)=O)c1. The van der Waals surface area contributed by atoms with Crippen molar-refractivity contribution in [2.24, 2.45) is 5.14 Å². The molecule has 1 aromatic carbocycles. The van der Waals surface area contributed by atoms with Gasteiger partial charge in [0, 0.05) is 5.56 Å². The Kier molecular flexibility index (Phi) is 2.68. The molecule has 0 aliphatic heterocycles. The summed E-state index contributed by atoms with van der Waals surface area (Å²) in [6.07, 6.45) is 0. The molecule has 76 valence electrons. The van der Waals surface area contributed by atoms with Crippen LogP contribution in [0.3, 0.4) is 0 Å². The monoisotopic (exact) mass is 217 g/mol. The molecule has 0 bridgehead atoms. The van der Waals surface area contributed by atoms with E-state index in [4.69, 9.17) is 5.14 Å². The summed E-state index contributed by atoms with van der Waals surface area (Å²) in [5.41, 5.74) is 0.107. The van der Waals surface area contributed by atoms with Crippen molar-refractivity contribution in [2.75, 3.05) is 0 Å². The van der Waals surface area contributed by atoms with E-state index >= 15 is 0 Å². The molecule has 0 saturated heterocycles. The first kappa shape index (κ1) is 10.8. The van der Waals surface area contributed by atoms with Gasteiger partial charge in [0.25, 0.3) is 0 Å². The number of nitrogens with two attached hydrogens (primary N) is 1. The van der Waals surface area contributed by atoms with Crippen LogP contribution in [0, 0.1) is 5.82 Å². The van der Waals surface area contributed by atoms with Crippen molar-refractivity contribution in [3.8, 4) is 0 Å². The maximum atomic E-state index is 13.0. The number of ketones is 1. The highest BCUT2D eigenvalue weighted by molar-refractivity contribution is 7.89. The van der Waals surface area contributed by atoms with Gasteiger partial charge in [-0.15, -0.1) is 0 Å². The van der Waals surface area contributed by atoms with Gasteiger partial charge in [-0.2, -0.15) is 0 Å². The number of primary sulfonamides is 1. The maximum absolute atomic E-state index is 13.0. The lowest BCUT2D eigenvalue weighted by Gasteiger charge is -2.01. The van der Waals surface area contributed by atoms with E-state index < -0.39 is 20.7 Å². The maximum Gasteiger partial charge on any atom is 0.240 e. The second-order valence-electron chi connectivity index (χ2n) is 2.75. The number of carbonyl (C=O) groups excluding carboxylic acids is 1. The van der Waals surface area contributed by atoms with Crippen molar-refractivity contribution in [1.82, 2.24) is 0 Å². The van der Waals surface area contributed by atoms with Crippen molar-refractivity contribution in [2.45, 2.75) is 11.8 Å². The number of sulfonamides is 1. The highest BCUT2D eigenvalue weighted by atomic mass is 32.2. The summed E-state index contributed by atoms with van der Waals surface area (Å²) < 4.78 is 34.7. The molecule has 0 saturated carbocycles. The van der Waals surface area contributed by atoms with E-state index in [2.05, 4.69) is 0 Å². The van der Waals surface area contributed by atoms with Crippen LogP contribution in [-0.4, -0.2) is 14.2 Å². The topological polar surface area (TPSA) is 77.2 Å². The molecule has 0 atom stereocenters. The van der Waals surface area contributed by atoms with Crippen LogP contribution in [0.4, 0.5) is 4.39 Å². The van der Waals surface area contributed by atoms with Crippen molar-refractivity contribution >= 4 is 15.8 Å². The van der Waals surface area contributed by atoms with Crippen LogP contribution in [0.1, 0.15) is 17.3 Å². The van der Waals surface area contributed by atoms with E-state index in [1.165, 1.54) is 13.0 Å². The zero-order valence-corrected chi connectivity index (χ0v) is 8.14. The Morgan fingerprint density at radius 2 is 2.00 bits per heavy atom. The van der Waals surface area contributed by atoms with Gasteiger partial charge < -0.3 is 0 Å². The summed E-state index contributed by atoms with van der Waals surface area (Å²) in [6.45, 7) is 1.25. The summed E-state index contributed by atoms with van der Waals surface area (Å²) in [7, 11) is -4.12. The molecule has 4 nitrogen and oxygen atoms in total. The third-order valence-electron chi connectivity index (χ3n) is 1.64. The normalized spacial score (nSPS) is 11.4. The molecule has 0 heterocycles. The van der Waals surface area contributed by atoms with E-state index in [1.54, 1.807) is 0 Å². The standard InChI is InChI=1S/C8H8FNO3S/c1-5(11)6-2-3-7(9)8(4-6)14(10,12)13/h2-4H,1H3,(H2,10,12,13). The van der Waals surface area contributed by atoms with Crippen LogP contribution in [0.2, 0.25) is 0 Å². The predicted octanol–water partition coefficient (Wildman–Crippen LogP) is 0.676. The molecule has 0 spiro atoms. The summed E-state index contributed by atoms with van der Waals surface area (Å²) in [5.74, 6) is -1.31. The zero-order chi connectivity index (χ0) is 10.9. The van der Waals surface area contributed by atoms with Crippen molar-refractivity contribution < 1.29 is 17.6 Å². The van der Waals surface area contributed by atoms with Gasteiger partial charge >= 0.3 is 0 Å². The highest BCUT2D eigenvalue weighted by Gasteiger charge is 2.15. The first-order valence-corrected chi connectivity index (χ1v) is 5.20. The van der Waals surface area contributed by atoms with Gasteiger partial charge in [0.15, 0.2) is 5.78 Å². The summed E-state index contributed by atoms with van der Waals surface area (Å²) in [5, 5.41) is 4.75. The lowest BCUT2D eigenvalue weighted by molar-refractivity contribution is 0.101. The van der Waals surface area contributed by atoms with Crippen LogP contribution >= 0.6 is 0 Å². The third kappa shape index (κ3) is 2.15. The number of Topliss-reactive ketones (excluding diaryl/α,β-unsaturated/α-hetero) is 1. The fourth-order valence-corrected chi connectivity index (χ4v) is 1.57. The van der Waals surface area contributed by atoms with Gasteiger partial charge in [0.05, 0.1) is 0 Å². The molecule has 0 amide bonds. The lowest BCUT2D eigenvalue weighted by atomic mass is 10.1. The number of hydrogen-bond acceptors (Lipinski definition) is 3. The Hall–Kier alpha value is -1.27. The molecular formula is C8H8FNO3S. The van der Waals surface area contributed by atoms with Crippen LogP contribution in [0.5, 0.6) is 0 Å². The van der Waals surface area contributed by atoms with Crippen LogP contribution in [0.25, 0.3) is 0 Å². The fourth-order valence-electron chi connectivity index (χ4n) is 0.940. The lowest BCUT2D eigenvalue weighted by Crippen LogP contribution is -2.14. The molecule has 0 radical (unpaired) electrons.